The Bertz CT molecular complexity index is 1130. The number of halogens is 1. The standard InChI is InChI=1S/C25H26BrN3O3/c1-16-7-8-18(13-19(16)14-27-3)23(31)28-11-9-25(10-12-28)22-20(26)5-4-6-21(22)29(24(25)32)15-17(2)30/h4-8,13-14H,9-12,15H2,1-3H3. The van der Waals surface area contributed by atoms with E-state index in [0.717, 1.165) is 26.9 Å². The maximum Gasteiger partial charge on any atom is 0.253 e. The second kappa shape index (κ2) is 8.62. The molecule has 0 aliphatic carbocycles. The molecule has 1 spiro atoms. The number of hydrogen-bond donors (Lipinski definition) is 0. The molecule has 0 saturated carbocycles. The second-order valence-electron chi connectivity index (χ2n) is 8.56. The van der Waals surface area contributed by atoms with Gasteiger partial charge in [0.2, 0.25) is 5.91 Å². The van der Waals surface area contributed by atoms with E-state index < -0.39 is 5.41 Å². The summed E-state index contributed by atoms with van der Waals surface area (Å²) in [7, 11) is 1.71. The maximum absolute atomic E-state index is 13.6. The summed E-state index contributed by atoms with van der Waals surface area (Å²) >= 11 is 3.63. The summed E-state index contributed by atoms with van der Waals surface area (Å²) < 4.78 is 0.871. The Labute approximate surface area is 196 Å². The Morgan fingerprint density at radius 3 is 2.56 bits per heavy atom. The van der Waals surface area contributed by atoms with E-state index in [1.807, 2.05) is 48.2 Å². The summed E-state index contributed by atoms with van der Waals surface area (Å²) in [4.78, 5) is 46.1. The molecule has 2 aromatic carbocycles. The Hall–Kier alpha value is -2.80. The lowest BCUT2D eigenvalue weighted by molar-refractivity contribution is -0.126. The van der Waals surface area contributed by atoms with Crippen molar-refractivity contribution in [3.63, 3.8) is 0 Å². The van der Waals surface area contributed by atoms with Crippen molar-refractivity contribution in [2.45, 2.75) is 32.1 Å². The van der Waals surface area contributed by atoms with Gasteiger partial charge in [0.25, 0.3) is 5.91 Å². The third kappa shape index (κ3) is 3.68. The normalized spacial score (nSPS) is 17.3. The molecule has 0 radical (unpaired) electrons. The van der Waals surface area contributed by atoms with E-state index in [-0.39, 0.29) is 24.1 Å². The summed E-state index contributed by atoms with van der Waals surface area (Å²) in [6.45, 7) is 4.51. The minimum Gasteiger partial charge on any atom is -0.339 e. The van der Waals surface area contributed by atoms with E-state index in [1.165, 1.54) is 6.92 Å². The van der Waals surface area contributed by atoms with Gasteiger partial charge in [0.1, 0.15) is 5.78 Å². The van der Waals surface area contributed by atoms with Gasteiger partial charge in [-0.25, -0.2) is 0 Å². The fraction of sp³-hybridized carbons (Fsp3) is 0.360. The van der Waals surface area contributed by atoms with Crippen LogP contribution in [0.25, 0.3) is 0 Å². The lowest BCUT2D eigenvalue weighted by atomic mass is 9.73. The molecule has 2 heterocycles. The number of hydrogen-bond acceptors (Lipinski definition) is 4. The van der Waals surface area contributed by atoms with Crippen molar-refractivity contribution in [1.29, 1.82) is 0 Å². The van der Waals surface area contributed by atoms with Crippen LogP contribution in [0.4, 0.5) is 5.69 Å². The molecule has 7 heteroatoms. The number of aryl methyl sites for hydroxylation is 1. The van der Waals surface area contributed by atoms with Crippen LogP contribution in [0.3, 0.4) is 0 Å². The zero-order valence-electron chi connectivity index (χ0n) is 18.5. The van der Waals surface area contributed by atoms with Gasteiger partial charge >= 0.3 is 0 Å². The first-order valence-corrected chi connectivity index (χ1v) is 11.5. The molecular formula is C25H26BrN3O3. The molecule has 0 aromatic heterocycles. The quantitative estimate of drug-likeness (QED) is 0.603. The van der Waals surface area contributed by atoms with Crippen LogP contribution in [0.2, 0.25) is 0 Å². The van der Waals surface area contributed by atoms with E-state index in [2.05, 4.69) is 20.9 Å². The maximum atomic E-state index is 13.6. The van der Waals surface area contributed by atoms with Crippen molar-refractivity contribution in [3.05, 3.63) is 63.1 Å². The number of benzene rings is 2. The highest BCUT2D eigenvalue weighted by molar-refractivity contribution is 9.10. The number of anilines is 1. The van der Waals surface area contributed by atoms with Gasteiger partial charge in [0.05, 0.1) is 12.0 Å². The Morgan fingerprint density at radius 1 is 1.19 bits per heavy atom. The van der Waals surface area contributed by atoms with Crippen LogP contribution in [-0.4, -0.2) is 55.4 Å². The monoisotopic (exact) mass is 495 g/mol. The fourth-order valence-electron chi connectivity index (χ4n) is 4.86. The fourth-order valence-corrected chi connectivity index (χ4v) is 5.59. The number of aliphatic imine (C=N–C) groups is 1. The average molecular weight is 496 g/mol. The second-order valence-corrected chi connectivity index (χ2v) is 9.41. The number of ketones is 1. The number of fused-ring (bicyclic) bond motifs is 2. The number of amides is 2. The highest BCUT2D eigenvalue weighted by Crippen LogP contribution is 2.50. The topological polar surface area (TPSA) is 70.1 Å². The van der Waals surface area contributed by atoms with Gasteiger partial charge in [-0.3, -0.25) is 19.4 Å². The Kier molecular flexibility index (Phi) is 6.03. The molecule has 6 nitrogen and oxygen atoms in total. The molecule has 0 bridgehead atoms. The number of carbonyl (C=O) groups excluding carboxylic acids is 3. The van der Waals surface area contributed by atoms with Crippen molar-refractivity contribution in [1.82, 2.24) is 4.90 Å². The zero-order valence-corrected chi connectivity index (χ0v) is 20.1. The lowest BCUT2D eigenvalue weighted by Gasteiger charge is -2.39. The summed E-state index contributed by atoms with van der Waals surface area (Å²) in [5.74, 6) is -0.137. The van der Waals surface area contributed by atoms with Crippen molar-refractivity contribution in [2.24, 2.45) is 4.99 Å². The van der Waals surface area contributed by atoms with E-state index in [0.29, 0.717) is 31.5 Å². The Morgan fingerprint density at radius 2 is 1.91 bits per heavy atom. The molecule has 0 atom stereocenters. The minimum absolute atomic E-state index is 0.0380. The van der Waals surface area contributed by atoms with Gasteiger partial charge in [0, 0.05) is 47.6 Å². The predicted octanol–water partition coefficient (Wildman–Crippen LogP) is 3.92. The molecule has 1 fully saturated rings. The molecular weight excluding hydrogens is 470 g/mol. The zero-order chi connectivity index (χ0) is 23.0. The molecule has 2 aromatic rings. The van der Waals surface area contributed by atoms with Gasteiger partial charge in [-0.1, -0.05) is 28.1 Å². The number of likely N-dealkylation sites (tertiary alicyclic amines) is 1. The van der Waals surface area contributed by atoms with E-state index >= 15 is 0 Å². The molecule has 166 valence electrons. The van der Waals surface area contributed by atoms with Crippen molar-refractivity contribution in [3.8, 4) is 0 Å². The van der Waals surface area contributed by atoms with Crippen molar-refractivity contribution in [2.75, 3.05) is 31.6 Å². The summed E-state index contributed by atoms with van der Waals surface area (Å²) in [6, 6.07) is 11.4. The molecule has 0 unspecified atom stereocenters. The largest absolute Gasteiger partial charge is 0.339 e. The van der Waals surface area contributed by atoms with E-state index in [4.69, 9.17) is 0 Å². The highest BCUT2D eigenvalue weighted by Gasteiger charge is 2.53. The number of rotatable bonds is 4. The summed E-state index contributed by atoms with van der Waals surface area (Å²) in [6.07, 6.45) is 2.81. The van der Waals surface area contributed by atoms with Crippen LogP contribution in [0.5, 0.6) is 0 Å². The number of Topliss-reactive ketones (excluding diaryl/α,β-unsaturated/α-hetero) is 1. The highest BCUT2D eigenvalue weighted by atomic mass is 79.9. The first-order chi connectivity index (χ1) is 15.3. The van der Waals surface area contributed by atoms with E-state index in [1.54, 1.807) is 18.2 Å². The van der Waals surface area contributed by atoms with Gasteiger partial charge in [-0.15, -0.1) is 0 Å². The molecule has 2 aliphatic heterocycles. The molecule has 2 amide bonds. The SMILES string of the molecule is CN=Cc1cc(C(=O)N2CCC3(CC2)C(=O)N(CC(C)=O)c2cccc(Br)c23)ccc1C. The van der Waals surface area contributed by atoms with Crippen molar-refractivity contribution < 1.29 is 14.4 Å². The number of carbonyl (C=O) groups is 3. The van der Waals surface area contributed by atoms with Gasteiger partial charge in [-0.05, 0) is 62.1 Å². The van der Waals surface area contributed by atoms with Gasteiger partial charge in [0.15, 0.2) is 0 Å². The lowest BCUT2D eigenvalue weighted by Crippen LogP contribution is -2.50. The van der Waals surface area contributed by atoms with Crippen LogP contribution in [0.15, 0.2) is 45.9 Å². The first-order valence-electron chi connectivity index (χ1n) is 10.7. The first kappa shape index (κ1) is 22.4. The average Bonchev–Trinajstić information content (AvgIpc) is 2.99. The summed E-state index contributed by atoms with van der Waals surface area (Å²) in [5.41, 5.74) is 3.63. The molecule has 32 heavy (non-hydrogen) atoms. The van der Waals surface area contributed by atoms with Crippen molar-refractivity contribution >= 4 is 45.4 Å². The molecule has 4 rings (SSSR count). The number of piperidine rings is 1. The number of nitrogens with zero attached hydrogens (tertiary/aromatic N) is 3. The van der Waals surface area contributed by atoms with Crippen LogP contribution in [-0.2, 0) is 15.0 Å². The molecule has 2 aliphatic rings. The van der Waals surface area contributed by atoms with E-state index in [9.17, 15) is 14.4 Å². The predicted molar refractivity (Wildman–Crippen MR) is 129 cm³/mol. The van der Waals surface area contributed by atoms with Crippen LogP contribution >= 0.6 is 15.9 Å². The van der Waals surface area contributed by atoms with Crippen LogP contribution < -0.4 is 4.90 Å². The molecule has 1 saturated heterocycles. The molecule has 0 N–H and O–H groups in total. The van der Waals surface area contributed by atoms with Gasteiger partial charge < -0.3 is 9.80 Å². The van der Waals surface area contributed by atoms with Crippen LogP contribution in [0.1, 0.15) is 46.8 Å². The third-order valence-corrected chi connectivity index (χ3v) is 7.16. The third-order valence-electron chi connectivity index (χ3n) is 6.49. The minimum atomic E-state index is -0.713. The summed E-state index contributed by atoms with van der Waals surface area (Å²) in [5, 5.41) is 0. The Balaban J connectivity index is 1.60. The van der Waals surface area contributed by atoms with Gasteiger partial charge in [-0.2, -0.15) is 0 Å². The van der Waals surface area contributed by atoms with Crippen LogP contribution in [0, 0.1) is 6.92 Å². The smallest absolute Gasteiger partial charge is 0.253 e.